The highest BCUT2D eigenvalue weighted by Gasteiger charge is 2.14. The van der Waals surface area contributed by atoms with E-state index in [2.05, 4.69) is 10.4 Å². The highest BCUT2D eigenvalue weighted by Crippen LogP contribution is 2.20. The Labute approximate surface area is 120 Å². The molecule has 2 rings (SSSR count). The lowest BCUT2D eigenvalue weighted by Gasteiger charge is -2.21. The Morgan fingerprint density at radius 2 is 2.20 bits per heavy atom. The van der Waals surface area contributed by atoms with Crippen molar-refractivity contribution in [2.45, 2.75) is 51.6 Å². The minimum Gasteiger partial charge on any atom is -0.378 e. The zero-order valence-corrected chi connectivity index (χ0v) is 12.5. The van der Waals surface area contributed by atoms with Crippen LogP contribution in [0.15, 0.2) is 6.20 Å². The van der Waals surface area contributed by atoms with Gasteiger partial charge in [-0.2, -0.15) is 5.10 Å². The molecule has 5 heteroatoms. The third kappa shape index (κ3) is 4.07. The average Bonchev–Trinajstić information content (AvgIpc) is 2.80. The molecule has 1 N–H and O–H groups in total. The number of hydrogen-bond acceptors (Lipinski definition) is 3. The molecule has 0 atom stereocenters. The SMILES string of the molecule is Cc1c(C(=O)NCCCOC2CCCCC2)cnn1C. The van der Waals surface area contributed by atoms with Crippen LogP contribution in [0.1, 0.15) is 54.6 Å². The molecule has 1 saturated carbocycles. The molecule has 0 radical (unpaired) electrons. The maximum atomic E-state index is 11.9. The molecule has 5 nitrogen and oxygen atoms in total. The van der Waals surface area contributed by atoms with Crippen LogP contribution in [0.2, 0.25) is 0 Å². The minimum atomic E-state index is -0.0479. The topological polar surface area (TPSA) is 56.1 Å². The lowest BCUT2D eigenvalue weighted by molar-refractivity contribution is 0.0273. The Morgan fingerprint density at radius 1 is 1.45 bits per heavy atom. The molecule has 0 spiro atoms. The maximum absolute atomic E-state index is 11.9. The van der Waals surface area contributed by atoms with Gasteiger partial charge in [-0.3, -0.25) is 9.48 Å². The molecule has 1 fully saturated rings. The molecule has 0 aromatic carbocycles. The molecule has 20 heavy (non-hydrogen) atoms. The molecule has 1 heterocycles. The second-order valence-corrected chi connectivity index (χ2v) is 5.51. The first kappa shape index (κ1) is 15.0. The van der Waals surface area contributed by atoms with Crippen LogP contribution in [-0.4, -0.2) is 34.9 Å². The van der Waals surface area contributed by atoms with Crippen molar-refractivity contribution in [1.29, 1.82) is 0 Å². The summed E-state index contributed by atoms with van der Waals surface area (Å²) < 4.78 is 7.54. The Kier molecular flexibility index (Phi) is 5.59. The van der Waals surface area contributed by atoms with Gasteiger partial charge in [0.1, 0.15) is 0 Å². The Bertz CT molecular complexity index is 436. The number of aryl methyl sites for hydroxylation is 1. The predicted octanol–water partition coefficient (Wildman–Crippen LogP) is 2.20. The van der Waals surface area contributed by atoms with Crippen molar-refractivity contribution < 1.29 is 9.53 Å². The molecule has 0 bridgehead atoms. The quantitative estimate of drug-likeness (QED) is 0.812. The second kappa shape index (κ2) is 7.43. The Balaban J connectivity index is 1.61. The third-order valence-corrected chi connectivity index (χ3v) is 3.99. The van der Waals surface area contributed by atoms with Gasteiger partial charge in [-0.15, -0.1) is 0 Å². The van der Waals surface area contributed by atoms with Gasteiger partial charge in [-0.1, -0.05) is 19.3 Å². The van der Waals surface area contributed by atoms with Gasteiger partial charge in [0.2, 0.25) is 0 Å². The van der Waals surface area contributed by atoms with E-state index in [1.54, 1.807) is 10.9 Å². The van der Waals surface area contributed by atoms with Gasteiger partial charge >= 0.3 is 0 Å². The van der Waals surface area contributed by atoms with E-state index in [1.807, 2.05) is 14.0 Å². The first-order chi connectivity index (χ1) is 9.68. The van der Waals surface area contributed by atoms with E-state index in [1.165, 1.54) is 32.1 Å². The predicted molar refractivity (Wildman–Crippen MR) is 77.7 cm³/mol. The highest BCUT2D eigenvalue weighted by atomic mass is 16.5. The van der Waals surface area contributed by atoms with Gasteiger partial charge < -0.3 is 10.1 Å². The monoisotopic (exact) mass is 279 g/mol. The van der Waals surface area contributed by atoms with Crippen molar-refractivity contribution in [2.75, 3.05) is 13.2 Å². The van der Waals surface area contributed by atoms with Crippen molar-refractivity contribution in [3.63, 3.8) is 0 Å². The van der Waals surface area contributed by atoms with E-state index >= 15 is 0 Å². The smallest absolute Gasteiger partial charge is 0.254 e. The summed E-state index contributed by atoms with van der Waals surface area (Å²) >= 11 is 0. The molecule has 1 amide bonds. The number of rotatable bonds is 6. The summed E-state index contributed by atoms with van der Waals surface area (Å²) in [5, 5.41) is 6.99. The van der Waals surface area contributed by atoms with Crippen LogP contribution in [0.5, 0.6) is 0 Å². The molecule has 0 saturated heterocycles. The summed E-state index contributed by atoms with van der Waals surface area (Å²) in [5.74, 6) is -0.0479. The number of aromatic nitrogens is 2. The fourth-order valence-electron chi connectivity index (χ4n) is 2.57. The van der Waals surface area contributed by atoms with Crippen LogP contribution < -0.4 is 5.32 Å². The molecule has 1 aromatic heterocycles. The summed E-state index contributed by atoms with van der Waals surface area (Å²) in [4.78, 5) is 11.9. The van der Waals surface area contributed by atoms with E-state index in [-0.39, 0.29) is 5.91 Å². The van der Waals surface area contributed by atoms with Gasteiger partial charge in [-0.25, -0.2) is 0 Å². The van der Waals surface area contributed by atoms with Crippen LogP contribution in [-0.2, 0) is 11.8 Å². The van der Waals surface area contributed by atoms with E-state index < -0.39 is 0 Å². The number of ether oxygens (including phenoxy) is 1. The zero-order chi connectivity index (χ0) is 14.4. The van der Waals surface area contributed by atoms with Gasteiger partial charge in [0.15, 0.2) is 0 Å². The van der Waals surface area contributed by atoms with Crippen LogP contribution in [0, 0.1) is 6.92 Å². The normalized spacial score (nSPS) is 16.3. The fourth-order valence-corrected chi connectivity index (χ4v) is 2.57. The maximum Gasteiger partial charge on any atom is 0.254 e. The first-order valence-corrected chi connectivity index (χ1v) is 7.57. The Morgan fingerprint density at radius 3 is 2.85 bits per heavy atom. The molecule has 0 unspecified atom stereocenters. The van der Waals surface area contributed by atoms with Crippen molar-refractivity contribution in [3.8, 4) is 0 Å². The van der Waals surface area contributed by atoms with Gasteiger partial charge in [0, 0.05) is 25.9 Å². The summed E-state index contributed by atoms with van der Waals surface area (Å²) in [6, 6.07) is 0. The number of carbonyl (C=O) groups is 1. The Hall–Kier alpha value is -1.36. The number of nitrogens with one attached hydrogen (secondary N) is 1. The molecule has 1 aliphatic rings. The van der Waals surface area contributed by atoms with E-state index in [4.69, 9.17) is 4.74 Å². The number of amides is 1. The summed E-state index contributed by atoms with van der Waals surface area (Å²) in [6.45, 7) is 3.28. The fraction of sp³-hybridized carbons (Fsp3) is 0.733. The molecule has 1 aliphatic carbocycles. The van der Waals surface area contributed by atoms with E-state index in [9.17, 15) is 4.79 Å². The minimum absolute atomic E-state index is 0.0479. The standard InChI is InChI=1S/C15H25N3O2/c1-12-14(11-17-18(12)2)15(19)16-9-6-10-20-13-7-4-3-5-8-13/h11,13H,3-10H2,1-2H3,(H,16,19). The van der Waals surface area contributed by atoms with Gasteiger partial charge in [0.05, 0.1) is 17.9 Å². The van der Waals surface area contributed by atoms with Gasteiger partial charge in [0.25, 0.3) is 5.91 Å². The molecular weight excluding hydrogens is 254 g/mol. The second-order valence-electron chi connectivity index (χ2n) is 5.51. The van der Waals surface area contributed by atoms with Gasteiger partial charge in [-0.05, 0) is 26.2 Å². The summed E-state index contributed by atoms with van der Waals surface area (Å²) in [6.07, 6.45) is 9.25. The lowest BCUT2D eigenvalue weighted by atomic mass is 9.98. The van der Waals surface area contributed by atoms with E-state index in [0.29, 0.717) is 18.2 Å². The van der Waals surface area contributed by atoms with Crippen LogP contribution >= 0.6 is 0 Å². The van der Waals surface area contributed by atoms with Crippen LogP contribution in [0.25, 0.3) is 0 Å². The highest BCUT2D eigenvalue weighted by molar-refractivity contribution is 5.94. The lowest BCUT2D eigenvalue weighted by Crippen LogP contribution is -2.26. The largest absolute Gasteiger partial charge is 0.378 e. The molecule has 1 aromatic rings. The van der Waals surface area contributed by atoms with Crippen molar-refractivity contribution in [2.24, 2.45) is 7.05 Å². The zero-order valence-electron chi connectivity index (χ0n) is 12.5. The number of carbonyl (C=O) groups excluding carboxylic acids is 1. The summed E-state index contributed by atoms with van der Waals surface area (Å²) in [7, 11) is 1.84. The number of nitrogens with zero attached hydrogens (tertiary/aromatic N) is 2. The van der Waals surface area contributed by atoms with E-state index in [0.717, 1.165) is 18.7 Å². The van der Waals surface area contributed by atoms with Crippen molar-refractivity contribution in [1.82, 2.24) is 15.1 Å². The first-order valence-electron chi connectivity index (χ1n) is 7.57. The average molecular weight is 279 g/mol. The van der Waals surface area contributed by atoms with Crippen molar-refractivity contribution >= 4 is 5.91 Å². The van der Waals surface area contributed by atoms with Crippen molar-refractivity contribution in [3.05, 3.63) is 17.5 Å². The molecular formula is C15H25N3O2. The third-order valence-electron chi connectivity index (χ3n) is 3.99. The van der Waals surface area contributed by atoms with Crippen LogP contribution in [0.4, 0.5) is 0 Å². The molecule has 112 valence electrons. The number of hydrogen-bond donors (Lipinski definition) is 1. The summed E-state index contributed by atoms with van der Waals surface area (Å²) in [5.41, 5.74) is 1.54. The van der Waals surface area contributed by atoms with Crippen LogP contribution in [0.3, 0.4) is 0 Å². The molecule has 0 aliphatic heterocycles.